The summed E-state index contributed by atoms with van der Waals surface area (Å²) in [5.41, 5.74) is 1.77. The monoisotopic (exact) mass is 163 g/mol. The average molecular weight is 163 g/mol. The van der Waals surface area contributed by atoms with Crippen LogP contribution >= 0.6 is 0 Å². The Morgan fingerprint density at radius 2 is 2.00 bits per heavy atom. The Balaban J connectivity index is 2.85. The van der Waals surface area contributed by atoms with Gasteiger partial charge in [0.1, 0.15) is 0 Å². The second kappa shape index (κ2) is 4.04. The highest BCUT2D eigenvalue weighted by molar-refractivity contribution is 6.49. The summed E-state index contributed by atoms with van der Waals surface area (Å²) in [7, 11) is -1.39. The first kappa shape index (κ1) is 8.97. The molecule has 0 aliphatic carbocycles. The summed E-state index contributed by atoms with van der Waals surface area (Å²) in [5.74, 6) is 1.37. The molecule has 2 N–H and O–H groups in total. The van der Waals surface area contributed by atoms with Gasteiger partial charge in [-0.1, -0.05) is 11.5 Å². The Hall–Kier alpha value is -1.13. The molecule has 1 rings (SSSR count). The van der Waals surface area contributed by atoms with Crippen LogP contribution in [-0.2, 0) is 0 Å². The van der Waals surface area contributed by atoms with Crippen LogP contribution in [0.15, 0.2) is 30.5 Å². The summed E-state index contributed by atoms with van der Waals surface area (Å²) in [4.78, 5) is 3.85. The van der Waals surface area contributed by atoms with Crippen molar-refractivity contribution in [1.29, 1.82) is 0 Å². The molecule has 0 radical (unpaired) electrons. The van der Waals surface area contributed by atoms with Gasteiger partial charge < -0.3 is 10.0 Å². The van der Waals surface area contributed by atoms with Crippen molar-refractivity contribution in [3.8, 4) is 0 Å². The molecule has 0 aromatic carbocycles. The molecule has 0 aliphatic rings. The summed E-state index contributed by atoms with van der Waals surface area (Å²) in [6.45, 7) is 1.81. The summed E-state index contributed by atoms with van der Waals surface area (Å²) in [6, 6.07) is 3.63. The molecular formula is C8H10BNO2. The third kappa shape index (κ3) is 2.49. The van der Waals surface area contributed by atoms with Gasteiger partial charge in [-0.25, -0.2) is 0 Å². The Morgan fingerprint density at radius 1 is 1.42 bits per heavy atom. The molecule has 0 amide bonds. The molecular weight excluding hydrogens is 153 g/mol. The minimum absolute atomic E-state index is 0.826. The van der Waals surface area contributed by atoms with Gasteiger partial charge in [0.15, 0.2) is 0 Å². The fourth-order valence-corrected chi connectivity index (χ4v) is 0.935. The lowest BCUT2D eigenvalue weighted by Crippen LogP contribution is -2.06. The highest BCUT2D eigenvalue weighted by Gasteiger charge is 2.02. The smallest absolute Gasteiger partial charge is 0.424 e. The lowest BCUT2D eigenvalue weighted by atomic mass is 9.87. The van der Waals surface area contributed by atoms with Crippen molar-refractivity contribution in [2.75, 3.05) is 0 Å². The number of allylic oxidation sites excluding steroid dienone is 1. The maximum absolute atomic E-state index is 8.65. The van der Waals surface area contributed by atoms with Crippen LogP contribution in [0.5, 0.6) is 0 Å². The summed E-state index contributed by atoms with van der Waals surface area (Å²) >= 11 is 0. The van der Waals surface area contributed by atoms with E-state index in [0.717, 1.165) is 11.1 Å². The first-order valence-electron chi connectivity index (χ1n) is 3.65. The quantitative estimate of drug-likeness (QED) is 0.624. The Morgan fingerprint density at radius 3 is 2.50 bits per heavy atom. The maximum Gasteiger partial charge on any atom is 0.480 e. The van der Waals surface area contributed by atoms with Crippen LogP contribution in [0, 0.1) is 0 Å². The molecule has 0 saturated carbocycles. The van der Waals surface area contributed by atoms with Gasteiger partial charge >= 0.3 is 7.12 Å². The molecule has 1 heterocycles. The summed E-state index contributed by atoms with van der Waals surface area (Å²) in [6.07, 6.45) is 3.33. The van der Waals surface area contributed by atoms with Crippen molar-refractivity contribution in [2.24, 2.45) is 0 Å². The first-order chi connectivity index (χ1) is 5.70. The zero-order chi connectivity index (χ0) is 8.97. The van der Waals surface area contributed by atoms with Crippen LogP contribution in [0.4, 0.5) is 0 Å². The summed E-state index contributed by atoms with van der Waals surface area (Å²) in [5, 5.41) is 17.3. The third-order valence-corrected chi connectivity index (χ3v) is 1.53. The van der Waals surface area contributed by atoms with E-state index < -0.39 is 7.12 Å². The molecule has 0 saturated heterocycles. The van der Waals surface area contributed by atoms with E-state index in [0.29, 0.717) is 0 Å². The molecule has 3 nitrogen and oxygen atoms in total. The van der Waals surface area contributed by atoms with Crippen LogP contribution < -0.4 is 0 Å². The van der Waals surface area contributed by atoms with E-state index in [1.54, 1.807) is 12.4 Å². The van der Waals surface area contributed by atoms with Crippen LogP contribution in [-0.4, -0.2) is 22.2 Å². The van der Waals surface area contributed by atoms with E-state index in [-0.39, 0.29) is 0 Å². The first-order valence-corrected chi connectivity index (χ1v) is 3.65. The van der Waals surface area contributed by atoms with Gasteiger partial charge in [0.2, 0.25) is 0 Å². The van der Waals surface area contributed by atoms with Crippen molar-refractivity contribution in [1.82, 2.24) is 4.98 Å². The Kier molecular flexibility index (Phi) is 3.02. The molecule has 1 aromatic rings. The zero-order valence-corrected chi connectivity index (χ0v) is 6.81. The highest BCUT2D eigenvalue weighted by Crippen LogP contribution is 2.11. The van der Waals surface area contributed by atoms with Crippen molar-refractivity contribution in [2.45, 2.75) is 6.92 Å². The van der Waals surface area contributed by atoms with Crippen molar-refractivity contribution < 1.29 is 10.0 Å². The third-order valence-electron chi connectivity index (χ3n) is 1.53. The largest absolute Gasteiger partial charge is 0.480 e. The molecule has 0 fully saturated rings. The predicted octanol–water partition coefficient (Wildman–Crippen LogP) is 0.497. The van der Waals surface area contributed by atoms with Gasteiger partial charge in [-0.3, -0.25) is 4.98 Å². The number of rotatable bonds is 2. The van der Waals surface area contributed by atoms with E-state index in [9.17, 15) is 0 Å². The van der Waals surface area contributed by atoms with Crippen molar-refractivity contribution >= 4 is 12.7 Å². The maximum atomic E-state index is 8.65. The van der Waals surface area contributed by atoms with E-state index >= 15 is 0 Å². The van der Waals surface area contributed by atoms with Crippen molar-refractivity contribution in [3.63, 3.8) is 0 Å². The second-order valence-electron chi connectivity index (χ2n) is 2.50. The number of pyridine rings is 1. The Labute approximate surface area is 71.5 Å². The second-order valence-corrected chi connectivity index (χ2v) is 2.50. The lowest BCUT2D eigenvalue weighted by Gasteiger charge is -1.99. The van der Waals surface area contributed by atoms with Gasteiger partial charge in [0, 0.05) is 12.4 Å². The fraction of sp³-hybridized carbons (Fsp3) is 0.125. The van der Waals surface area contributed by atoms with Crippen LogP contribution in [0.25, 0.3) is 5.57 Å². The van der Waals surface area contributed by atoms with Crippen LogP contribution in [0.1, 0.15) is 12.5 Å². The van der Waals surface area contributed by atoms with E-state index in [2.05, 4.69) is 4.98 Å². The SMILES string of the molecule is C/C(=C\B(O)O)c1ccncc1. The average Bonchev–Trinajstić information content (AvgIpc) is 2.05. The molecule has 62 valence electrons. The van der Waals surface area contributed by atoms with E-state index in [4.69, 9.17) is 10.0 Å². The molecule has 0 atom stereocenters. The fourth-order valence-electron chi connectivity index (χ4n) is 0.935. The zero-order valence-electron chi connectivity index (χ0n) is 6.81. The molecule has 0 aliphatic heterocycles. The number of nitrogens with zero attached hydrogens (tertiary/aromatic N) is 1. The summed E-state index contributed by atoms with van der Waals surface area (Å²) < 4.78 is 0. The number of hydrogen-bond acceptors (Lipinski definition) is 3. The van der Waals surface area contributed by atoms with Crippen molar-refractivity contribution in [3.05, 3.63) is 36.1 Å². The standard InChI is InChI=1S/C8H10BNO2/c1-7(6-9(11)12)8-2-4-10-5-3-8/h2-6,11-12H,1H3/b7-6+. The molecule has 0 bridgehead atoms. The van der Waals surface area contributed by atoms with E-state index in [1.807, 2.05) is 19.1 Å². The molecule has 12 heavy (non-hydrogen) atoms. The van der Waals surface area contributed by atoms with Gasteiger partial charge in [-0.15, -0.1) is 0 Å². The minimum atomic E-state index is -1.39. The van der Waals surface area contributed by atoms with Crippen LogP contribution in [0.2, 0.25) is 0 Å². The number of aromatic nitrogens is 1. The molecule has 0 unspecified atom stereocenters. The Bertz CT molecular complexity index is 272. The predicted molar refractivity (Wildman–Crippen MR) is 48.1 cm³/mol. The van der Waals surface area contributed by atoms with E-state index in [1.165, 1.54) is 5.98 Å². The van der Waals surface area contributed by atoms with Gasteiger partial charge in [0.25, 0.3) is 0 Å². The van der Waals surface area contributed by atoms with Gasteiger partial charge in [0.05, 0.1) is 0 Å². The van der Waals surface area contributed by atoms with Gasteiger partial charge in [-0.2, -0.15) is 0 Å². The molecule has 1 aromatic heterocycles. The molecule has 4 heteroatoms. The van der Waals surface area contributed by atoms with Crippen LogP contribution in [0.3, 0.4) is 0 Å². The normalized spacial score (nSPS) is 11.4. The lowest BCUT2D eigenvalue weighted by molar-refractivity contribution is 0.424. The van der Waals surface area contributed by atoms with Gasteiger partial charge in [-0.05, 0) is 24.6 Å². The molecule has 0 spiro atoms. The minimum Gasteiger partial charge on any atom is -0.424 e. The topological polar surface area (TPSA) is 53.4 Å². The number of hydrogen-bond donors (Lipinski definition) is 2. The highest BCUT2D eigenvalue weighted by atomic mass is 16.4.